The molecule has 1 saturated carbocycles. The lowest BCUT2D eigenvalue weighted by Crippen LogP contribution is -2.50. The fraction of sp³-hybridized carbons (Fsp3) is 0.889. The third kappa shape index (κ3) is 3.29. The maximum Gasteiger partial charge on any atom is 0.422 e. The van der Waals surface area contributed by atoms with Crippen molar-refractivity contribution in [3.05, 3.63) is 0 Å². The van der Waals surface area contributed by atoms with Crippen LogP contribution in [0.4, 0.5) is 13.6 Å². The summed E-state index contributed by atoms with van der Waals surface area (Å²) in [4.78, 5) is 12.8. The molecule has 0 aromatic carbocycles. The molecule has 1 rings (SSSR count). The molecule has 2 N–H and O–H groups in total. The zero-order valence-electron chi connectivity index (χ0n) is 10.3. The summed E-state index contributed by atoms with van der Waals surface area (Å²) in [5.41, 5.74) is 0.938. The molecule has 9 heteroatoms. The van der Waals surface area contributed by atoms with Gasteiger partial charge >= 0.3 is 6.09 Å². The Balaban J connectivity index is 2.57. The van der Waals surface area contributed by atoms with Crippen LogP contribution >= 0.6 is 0 Å². The van der Waals surface area contributed by atoms with Gasteiger partial charge in [0.2, 0.25) is 10.0 Å². The van der Waals surface area contributed by atoms with Crippen LogP contribution in [0.1, 0.15) is 33.6 Å². The van der Waals surface area contributed by atoms with E-state index in [2.05, 4.69) is 0 Å². The molecular formula is C9H16F2N2O4S. The zero-order chi connectivity index (χ0) is 14.2. The number of sulfonamides is 1. The molecule has 0 spiro atoms. The van der Waals surface area contributed by atoms with Gasteiger partial charge < -0.3 is 4.74 Å². The number of amides is 1. The maximum atomic E-state index is 12.6. The highest BCUT2D eigenvalue weighted by Gasteiger charge is 2.62. The van der Waals surface area contributed by atoms with Gasteiger partial charge in [-0.05, 0) is 33.6 Å². The van der Waals surface area contributed by atoms with E-state index in [1.54, 1.807) is 31.0 Å². The number of alkyl halides is 2. The number of halogens is 2. The third-order valence-electron chi connectivity index (χ3n) is 2.36. The van der Waals surface area contributed by atoms with E-state index in [1.165, 1.54) is 0 Å². The molecule has 18 heavy (non-hydrogen) atoms. The molecule has 0 heterocycles. The first kappa shape index (κ1) is 15.1. The Morgan fingerprint density at radius 1 is 1.33 bits per heavy atom. The van der Waals surface area contributed by atoms with Gasteiger partial charge in [-0.2, -0.15) is 0 Å². The molecule has 1 amide bonds. The van der Waals surface area contributed by atoms with E-state index in [0.717, 1.165) is 0 Å². The number of rotatable bonds is 4. The van der Waals surface area contributed by atoms with E-state index in [1.807, 2.05) is 0 Å². The van der Waals surface area contributed by atoms with Gasteiger partial charge in [0.05, 0.1) is 0 Å². The second-order valence-corrected chi connectivity index (χ2v) is 7.12. The standard InChI is InChI=1S/C9H16F2N2O4S/c1-8(2,3)17-7(14)12-13-18(15,16)9(4-5-9)6(10)11/h6,13H,4-5H2,1-3H3,(H,12,14). The Morgan fingerprint density at radius 3 is 2.17 bits per heavy atom. The molecule has 6 nitrogen and oxygen atoms in total. The molecule has 0 saturated heterocycles. The number of carbonyl (C=O) groups excluding carboxylic acids is 1. The first-order valence-electron chi connectivity index (χ1n) is 5.29. The number of ether oxygens (including phenoxy) is 1. The molecule has 106 valence electrons. The van der Waals surface area contributed by atoms with E-state index in [0.29, 0.717) is 0 Å². The van der Waals surface area contributed by atoms with Gasteiger partial charge in [0.15, 0.2) is 0 Å². The van der Waals surface area contributed by atoms with E-state index in [-0.39, 0.29) is 12.8 Å². The number of hydrazine groups is 1. The summed E-state index contributed by atoms with van der Waals surface area (Å²) in [6.45, 7) is 4.76. The SMILES string of the molecule is CC(C)(C)OC(=O)NNS(=O)(=O)C1(C(F)F)CC1. The Hall–Kier alpha value is -0.960. The first-order valence-corrected chi connectivity index (χ1v) is 6.77. The van der Waals surface area contributed by atoms with Gasteiger partial charge in [-0.3, -0.25) is 0 Å². The van der Waals surface area contributed by atoms with Crippen molar-refractivity contribution in [2.75, 3.05) is 0 Å². The average molecular weight is 286 g/mol. The Morgan fingerprint density at radius 2 is 1.83 bits per heavy atom. The van der Waals surface area contributed by atoms with E-state index >= 15 is 0 Å². The van der Waals surface area contributed by atoms with Crippen LogP contribution in [-0.2, 0) is 14.8 Å². The normalized spacial score (nSPS) is 18.6. The van der Waals surface area contributed by atoms with Crippen molar-refractivity contribution in [3.63, 3.8) is 0 Å². The molecule has 0 atom stereocenters. The number of hydrogen-bond donors (Lipinski definition) is 2. The third-order valence-corrected chi connectivity index (χ3v) is 4.39. The molecule has 1 fully saturated rings. The average Bonchev–Trinajstić information content (AvgIpc) is 2.92. The number of nitrogens with one attached hydrogen (secondary N) is 2. The number of hydrogen-bond acceptors (Lipinski definition) is 4. The van der Waals surface area contributed by atoms with Crippen molar-refractivity contribution in [3.8, 4) is 0 Å². The Labute approximate surface area is 104 Å². The lowest BCUT2D eigenvalue weighted by atomic mass is 10.2. The minimum absolute atomic E-state index is 0.129. The van der Waals surface area contributed by atoms with Crippen LogP contribution in [0, 0.1) is 0 Å². The predicted octanol–water partition coefficient (Wildman–Crippen LogP) is 1.14. The van der Waals surface area contributed by atoms with Gasteiger partial charge in [0, 0.05) is 0 Å². The fourth-order valence-corrected chi connectivity index (χ4v) is 2.54. The van der Waals surface area contributed by atoms with Crippen molar-refractivity contribution >= 4 is 16.1 Å². The van der Waals surface area contributed by atoms with Crippen molar-refractivity contribution < 1.29 is 26.7 Å². The van der Waals surface area contributed by atoms with Crippen LogP contribution in [0.5, 0.6) is 0 Å². The van der Waals surface area contributed by atoms with Crippen LogP contribution in [0.3, 0.4) is 0 Å². The number of carbonyl (C=O) groups is 1. The van der Waals surface area contributed by atoms with Crippen LogP contribution in [-0.4, -0.2) is 31.3 Å². The molecule has 0 aromatic rings. The predicted molar refractivity (Wildman–Crippen MR) is 59.4 cm³/mol. The van der Waals surface area contributed by atoms with Crippen LogP contribution in [0.15, 0.2) is 0 Å². The van der Waals surface area contributed by atoms with E-state index in [9.17, 15) is 22.0 Å². The smallest absolute Gasteiger partial charge is 0.422 e. The minimum Gasteiger partial charge on any atom is -0.443 e. The van der Waals surface area contributed by atoms with Crippen LogP contribution < -0.4 is 10.3 Å². The molecule has 0 unspecified atom stereocenters. The summed E-state index contributed by atoms with van der Waals surface area (Å²) in [6, 6.07) is 0. The molecule has 0 radical (unpaired) electrons. The lowest BCUT2D eigenvalue weighted by Gasteiger charge is -2.21. The fourth-order valence-electron chi connectivity index (χ4n) is 1.24. The summed E-state index contributed by atoms with van der Waals surface area (Å²) in [5.74, 6) is 0. The zero-order valence-corrected chi connectivity index (χ0v) is 11.1. The summed E-state index contributed by atoms with van der Waals surface area (Å²) < 4.78 is 51.0. The largest absolute Gasteiger partial charge is 0.443 e. The second-order valence-electron chi connectivity index (χ2n) is 5.10. The molecule has 0 aliphatic heterocycles. The summed E-state index contributed by atoms with van der Waals surface area (Å²) in [5, 5.41) is 0. The van der Waals surface area contributed by atoms with Crippen molar-refractivity contribution in [1.29, 1.82) is 0 Å². The van der Waals surface area contributed by atoms with E-state index < -0.39 is 32.9 Å². The maximum absolute atomic E-state index is 12.6. The summed E-state index contributed by atoms with van der Waals surface area (Å²) in [7, 11) is -4.31. The van der Waals surface area contributed by atoms with Crippen LogP contribution in [0.25, 0.3) is 0 Å². The quantitative estimate of drug-likeness (QED) is 0.759. The minimum atomic E-state index is -4.31. The van der Waals surface area contributed by atoms with Gasteiger partial charge in [-0.25, -0.2) is 27.4 Å². The monoisotopic (exact) mass is 286 g/mol. The van der Waals surface area contributed by atoms with Gasteiger partial charge in [-0.1, -0.05) is 0 Å². The lowest BCUT2D eigenvalue weighted by molar-refractivity contribution is 0.0513. The Bertz CT molecular complexity index is 426. The highest BCUT2D eigenvalue weighted by atomic mass is 32.2. The van der Waals surface area contributed by atoms with Crippen LogP contribution in [0.2, 0.25) is 0 Å². The van der Waals surface area contributed by atoms with Crippen molar-refractivity contribution in [1.82, 2.24) is 10.3 Å². The summed E-state index contributed by atoms with van der Waals surface area (Å²) in [6.07, 6.45) is -4.29. The van der Waals surface area contributed by atoms with Crippen molar-refractivity contribution in [2.24, 2.45) is 0 Å². The molecule has 0 bridgehead atoms. The molecular weight excluding hydrogens is 270 g/mol. The topological polar surface area (TPSA) is 84.5 Å². The van der Waals surface area contributed by atoms with Gasteiger partial charge in [-0.15, -0.1) is 4.83 Å². The Kier molecular flexibility index (Phi) is 3.87. The molecule has 1 aliphatic rings. The second kappa shape index (κ2) is 4.61. The first-order chi connectivity index (χ1) is 8.00. The highest BCUT2D eigenvalue weighted by molar-refractivity contribution is 7.91. The highest BCUT2D eigenvalue weighted by Crippen LogP contribution is 2.47. The van der Waals surface area contributed by atoms with Gasteiger partial charge in [0.25, 0.3) is 6.43 Å². The summed E-state index contributed by atoms with van der Waals surface area (Å²) >= 11 is 0. The molecule has 0 aromatic heterocycles. The van der Waals surface area contributed by atoms with Crippen molar-refractivity contribution in [2.45, 2.75) is 50.4 Å². The molecule has 1 aliphatic carbocycles. The van der Waals surface area contributed by atoms with E-state index in [4.69, 9.17) is 4.74 Å². The van der Waals surface area contributed by atoms with Gasteiger partial charge in [0.1, 0.15) is 10.3 Å².